The molecule has 0 fully saturated rings. The number of benzene rings is 2. The Hall–Kier alpha value is -2.21. The van der Waals surface area contributed by atoms with Gasteiger partial charge in [0.05, 0.1) is 19.4 Å². The summed E-state index contributed by atoms with van der Waals surface area (Å²) < 4.78 is 38.1. The van der Waals surface area contributed by atoms with E-state index in [1.807, 2.05) is 6.92 Å². The Morgan fingerprint density at radius 1 is 1.09 bits per heavy atom. The topological polar surface area (TPSA) is 64.6 Å². The van der Waals surface area contributed by atoms with E-state index in [1.165, 1.54) is 13.2 Å². The number of nitrogens with one attached hydrogen (secondary N) is 1. The molecule has 0 aliphatic heterocycles. The molecular weight excluding hydrogens is 302 g/mol. The molecular formula is C16H19NO4S. The Morgan fingerprint density at radius 3 is 2.59 bits per heavy atom. The van der Waals surface area contributed by atoms with Crippen LogP contribution >= 0.6 is 0 Å². The van der Waals surface area contributed by atoms with Crippen LogP contribution in [0.2, 0.25) is 0 Å². The number of anilines is 1. The van der Waals surface area contributed by atoms with Crippen LogP contribution in [0.1, 0.15) is 13.3 Å². The standard InChI is InChI=1S/C16H19NO4S/c1-3-11-21-14-8-6-7-13(12-14)17-22(18,19)16-10-5-4-9-15(16)20-2/h4-10,12,17H,3,11H2,1-2H3. The van der Waals surface area contributed by atoms with Crippen molar-refractivity contribution in [3.63, 3.8) is 0 Å². The highest BCUT2D eigenvalue weighted by Crippen LogP contribution is 2.26. The van der Waals surface area contributed by atoms with Gasteiger partial charge >= 0.3 is 0 Å². The maximum absolute atomic E-state index is 12.5. The van der Waals surface area contributed by atoms with Gasteiger partial charge < -0.3 is 9.47 Å². The molecule has 0 saturated heterocycles. The highest BCUT2D eigenvalue weighted by Gasteiger charge is 2.19. The second-order valence-electron chi connectivity index (χ2n) is 4.63. The summed E-state index contributed by atoms with van der Waals surface area (Å²) in [6.07, 6.45) is 0.886. The van der Waals surface area contributed by atoms with Crippen molar-refractivity contribution in [1.82, 2.24) is 0 Å². The Labute approximate surface area is 130 Å². The molecule has 0 aliphatic rings. The van der Waals surface area contributed by atoms with Crippen LogP contribution < -0.4 is 14.2 Å². The van der Waals surface area contributed by atoms with E-state index in [9.17, 15) is 8.42 Å². The van der Waals surface area contributed by atoms with Gasteiger partial charge in [0.15, 0.2) is 0 Å². The maximum atomic E-state index is 12.5. The molecule has 0 heterocycles. The van der Waals surface area contributed by atoms with Gasteiger partial charge in [0.25, 0.3) is 10.0 Å². The number of hydrogen-bond acceptors (Lipinski definition) is 4. The Kier molecular flexibility index (Phi) is 5.27. The van der Waals surface area contributed by atoms with Crippen LogP contribution in [0.5, 0.6) is 11.5 Å². The van der Waals surface area contributed by atoms with Gasteiger partial charge in [-0.25, -0.2) is 8.42 Å². The predicted molar refractivity (Wildman–Crippen MR) is 86.0 cm³/mol. The van der Waals surface area contributed by atoms with Crippen molar-refractivity contribution in [2.24, 2.45) is 0 Å². The van der Waals surface area contributed by atoms with Crippen molar-refractivity contribution in [2.45, 2.75) is 18.2 Å². The van der Waals surface area contributed by atoms with E-state index in [4.69, 9.17) is 9.47 Å². The number of methoxy groups -OCH3 is 1. The third kappa shape index (κ3) is 3.92. The van der Waals surface area contributed by atoms with Gasteiger partial charge in [-0.3, -0.25) is 4.72 Å². The summed E-state index contributed by atoms with van der Waals surface area (Å²) in [6, 6.07) is 13.3. The van der Waals surface area contributed by atoms with E-state index in [0.29, 0.717) is 23.8 Å². The zero-order valence-electron chi connectivity index (χ0n) is 12.6. The SMILES string of the molecule is CCCOc1cccc(NS(=O)(=O)c2ccccc2OC)c1. The number of ether oxygens (including phenoxy) is 2. The number of hydrogen-bond donors (Lipinski definition) is 1. The summed E-state index contributed by atoms with van der Waals surface area (Å²) in [7, 11) is -2.29. The van der Waals surface area contributed by atoms with Gasteiger partial charge in [0, 0.05) is 6.07 Å². The lowest BCUT2D eigenvalue weighted by atomic mass is 10.3. The summed E-state index contributed by atoms with van der Waals surface area (Å²) >= 11 is 0. The fourth-order valence-electron chi connectivity index (χ4n) is 1.92. The van der Waals surface area contributed by atoms with Gasteiger partial charge in [-0.2, -0.15) is 0 Å². The molecule has 118 valence electrons. The molecule has 0 amide bonds. The first-order valence-electron chi connectivity index (χ1n) is 6.95. The first-order valence-corrected chi connectivity index (χ1v) is 8.44. The zero-order valence-corrected chi connectivity index (χ0v) is 13.4. The van der Waals surface area contributed by atoms with Crippen LogP contribution in [0.25, 0.3) is 0 Å². The number of sulfonamides is 1. The fourth-order valence-corrected chi connectivity index (χ4v) is 3.14. The second kappa shape index (κ2) is 7.17. The highest BCUT2D eigenvalue weighted by molar-refractivity contribution is 7.92. The zero-order chi connectivity index (χ0) is 16.0. The molecule has 0 bridgehead atoms. The van der Waals surface area contributed by atoms with Crippen molar-refractivity contribution >= 4 is 15.7 Å². The Balaban J connectivity index is 2.25. The van der Waals surface area contributed by atoms with Gasteiger partial charge in [-0.15, -0.1) is 0 Å². The van der Waals surface area contributed by atoms with E-state index < -0.39 is 10.0 Å². The molecule has 2 aromatic rings. The molecule has 2 rings (SSSR count). The normalized spacial score (nSPS) is 11.0. The summed E-state index contributed by atoms with van der Waals surface area (Å²) in [6.45, 7) is 2.59. The molecule has 6 heteroatoms. The molecule has 0 aliphatic carbocycles. The van der Waals surface area contributed by atoms with Crippen molar-refractivity contribution < 1.29 is 17.9 Å². The maximum Gasteiger partial charge on any atom is 0.265 e. The first-order chi connectivity index (χ1) is 10.6. The average molecular weight is 321 g/mol. The van der Waals surface area contributed by atoms with Gasteiger partial charge in [-0.1, -0.05) is 25.1 Å². The second-order valence-corrected chi connectivity index (χ2v) is 6.28. The monoisotopic (exact) mass is 321 g/mol. The smallest absolute Gasteiger partial charge is 0.265 e. The molecule has 22 heavy (non-hydrogen) atoms. The van der Waals surface area contributed by atoms with Crippen LogP contribution in [0, 0.1) is 0 Å². The molecule has 0 radical (unpaired) electrons. The van der Waals surface area contributed by atoms with Crippen LogP contribution in [-0.4, -0.2) is 22.1 Å². The van der Waals surface area contributed by atoms with Gasteiger partial charge in [0.1, 0.15) is 16.4 Å². The largest absolute Gasteiger partial charge is 0.495 e. The lowest BCUT2D eigenvalue weighted by Gasteiger charge is -2.12. The molecule has 5 nitrogen and oxygen atoms in total. The highest BCUT2D eigenvalue weighted by atomic mass is 32.2. The lowest BCUT2D eigenvalue weighted by molar-refractivity contribution is 0.317. The number of rotatable bonds is 7. The molecule has 0 saturated carbocycles. The first kappa shape index (κ1) is 16.2. The Bertz CT molecular complexity index is 728. The molecule has 1 N–H and O–H groups in total. The van der Waals surface area contributed by atoms with Gasteiger partial charge in [-0.05, 0) is 30.7 Å². The van der Waals surface area contributed by atoms with Crippen molar-refractivity contribution in [2.75, 3.05) is 18.4 Å². The van der Waals surface area contributed by atoms with E-state index in [-0.39, 0.29) is 4.90 Å². The summed E-state index contributed by atoms with van der Waals surface area (Å²) in [4.78, 5) is 0.0948. The lowest BCUT2D eigenvalue weighted by Crippen LogP contribution is -2.14. The average Bonchev–Trinajstić information content (AvgIpc) is 2.53. The predicted octanol–water partition coefficient (Wildman–Crippen LogP) is 3.28. The van der Waals surface area contributed by atoms with Gasteiger partial charge in [0.2, 0.25) is 0 Å². The summed E-state index contributed by atoms with van der Waals surface area (Å²) in [5.74, 6) is 0.926. The van der Waals surface area contributed by atoms with E-state index >= 15 is 0 Å². The summed E-state index contributed by atoms with van der Waals surface area (Å²) in [5, 5.41) is 0. The minimum atomic E-state index is -3.72. The minimum Gasteiger partial charge on any atom is -0.495 e. The van der Waals surface area contributed by atoms with E-state index in [1.54, 1.807) is 42.5 Å². The van der Waals surface area contributed by atoms with Crippen LogP contribution in [-0.2, 0) is 10.0 Å². The van der Waals surface area contributed by atoms with Crippen molar-refractivity contribution in [1.29, 1.82) is 0 Å². The van der Waals surface area contributed by atoms with Crippen LogP contribution in [0.15, 0.2) is 53.4 Å². The minimum absolute atomic E-state index is 0.0948. The fraction of sp³-hybridized carbons (Fsp3) is 0.250. The van der Waals surface area contributed by atoms with Crippen LogP contribution in [0.3, 0.4) is 0 Å². The molecule has 0 aromatic heterocycles. The van der Waals surface area contributed by atoms with E-state index in [2.05, 4.69) is 4.72 Å². The molecule has 0 spiro atoms. The Morgan fingerprint density at radius 2 is 1.86 bits per heavy atom. The summed E-state index contributed by atoms with van der Waals surface area (Å²) in [5.41, 5.74) is 0.444. The third-order valence-corrected chi connectivity index (χ3v) is 4.34. The molecule has 0 unspecified atom stereocenters. The number of para-hydroxylation sites is 1. The van der Waals surface area contributed by atoms with Crippen LogP contribution in [0.4, 0.5) is 5.69 Å². The molecule has 0 atom stereocenters. The van der Waals surface area contributed by atoms with E-state index in [0.717, 1.165) is 6.42 Å². The van der Waals surface area contributed by atoms with Crippen molar-refractivity contribution in [3.8, 4) is 11.5 Å². The quantitative estimate of drug-likeness (QED) is 0.850. The molecule has 2 aromatic carbocycles. The van der Waals surface area contributed by atoms with Crippen molar-refractivity contribution in [3.05, 3.63) is 48.5 Å². The third-order valence-electron chi connectivity index (χ3n) is 2.92.